The highest BCUT2D eigenvalue weighted by atomic mass is 16.3. The van der Waals surface area contributed by atoms with Gasteiger partial charge in [-0.3, -0.25) is 0 Å². The quantitative estimate of drug-likeness (QED) is 0.174. The molecule has 0 radical (unpaired) electrons. The molecule has 9 aromatic carbocycles. The van der Waals surface area contributed by atoms with E-state index in [0.717, 1.165) is 62.4 Å². The summed E-state index contributed by atoms with van der Waals surface area (Å²) < 4.78 is 0. The summed E-state index contributed by atoms with van der Waals surface area (Å²) in [4.78, 5) is 0. The summed E-state index contributed by atoms with van der Waals surface area (Å²) in [5.74, 6) is 0. The third-order valence-electron chi connectivity index (χ3n) is 11.1. The molecule has 2 N–H and O–H groups in total. The fraction of sp³-hybridized carbons (Fsp3) is 0.184. The molecule has 0 aromatic heterocycles. The maximum Gasteiger partial charge on any atom is 0.0846 e. The topological polar surface area (TPSA) is 40.5 Å². The van der Waals surface area contributed by atoms with E-state index in [-0.39, 0.29) is 0 Å². The lowest BCUT2D eigenvalue weighted by atomic mass is 9.78. The summed E-state index contributed by atoms with van der Waals surface area (Å²) in [7, 11) is 0. The Bertz CT molecular complexity index is 2830. The Labute approximate surface area is 298 Å². The average molecular weight is 663 g/mol. The van der Waals surface area contributed by atoms with Crippen molar-refractivity contribution < 1.29 is 10.2 Å². The second-order valence-corrected chi connectivity index (χ2v) is 15.4. The third kappa shape index (κ3) is 4.93. The Hall–Kier alpha value is -5.28. The molecule has 0 saturated heterocycles. The number of hydrogen-bond acceptors (Lipinski definition) is 2. The first kappa shape index (κ1) is 31.7. The van der Waals surface area contributed by atoms with Crippen molar-refractivity contribution in [3.8, 4) is 22.3 Å². The molecule has 0 unspecified atom stereocenters. The van der Waals surface area contributed by atoms with Gasteiger partial charge in [0, 0.05) is 0 Å². The van der Waals surface area contributed by atoms with E-state index in [0.29, 0.717) is 0 Å². The zero-order valence-corrected chi connectivity index (χ0v) is 29.9. The smallest absolute Gasteiger partial charge is 0.0846 e. The van der Waals surface area contributed by atoms with Crippen molar-refractivity contribution in [2.45, 2.75) is 58.7 Å². The third-order valence-corrected chi connectivity index (χ3v) is 11.1. The summed E-state index contributed by atoms with van der Waals surface area (Å²) in [6.07, 6.45) is 2.13. The van der Waals surface area contributed by atoms with E-state index in [1.807, 2.05) is 27.7 Å². The van der Waals surface area contributed by atoms with Crippen molar-refractivity contribution in [1.82, 2.24) is 0 Å². The van der Waals surface area contributed by atoms with Gasteiger partial charge in [-0.15, -0.1) is 0 Å². The Balaban J connectivity index is 1.38. The largest absolute Gasteiger partial charge is 0.386 e. The molecular weight excluding hydrogens is 621 g/mol. The zero-order chi connectivity index (χ0) is 35.2. The number of aliphatic hydroxyl groups is 2. The van der Waals surface area contributed by atoms with Gasteiger partial charge in [0.25, 0.3) is 0 Å². The van der Waals surface area contributed by atoms with Crippen molar-refractivity contribution in [3.63, 3.8) is 0 Å². The molecule has 0 bridgehead atoms. The van der Waals surface area contributed by atoms with Crippen molar-refractivity contribution in [3.05, 3.63) is 144 Å². The van der Waals surface area contributed by atoms with E-state index >= 15 is 0 Å². The van der Waals surface area contributed by atoms with Crippen molar-refractivity contribution in [2.75, 3.05) is 0 Å². The van der Waals surface area contributed by atoms with Crippen LogP contribution in [-0.2, 0) is 17.6 Å². The van der Waals surface area contributed by atoms with E-state index in [2.05, 4.69) is 134 Å². The molecular formula is C49H42O2. The Morgan fingerprint density at radius 2 is 0.961 bits per heavy atom. The van der Waals surface area contributed by atoms with Crippen LogP contribution in [0.1, 0.15) is 57.7 Å². The molecule has 2 nitrogen and oxygen atoms in total. The van der Waals surface area contributed by atoms with E-state index < -0.39 is 11.2 Å². The second-order valence-electron chi connectivity index (χ2n) is 15.4. The molecule has 2 heteroatoms. The lowest BCUT2D eigenvalue weighted by Gasteiger charge is -2.30. The predicted octanol–water partition coefficient (Wildman–Crippen LogP) is 12.8. The van der Waals surface area contributed by atoms with Crippen LogP contribution >= 0.6 is 0 Å². The molecule has 0 saturated carbocycles. The molecule has 0 fully saturated rings. The minimum absolute atomic E-state index is 0.826. The summed E-state index contributed by atoms with van der Waals surface area (Å²) in [5.41, 5.74) is 4.67. The minimum atomic E-state index is -1.17. The highest BCUT2D eigenvalue weighted by Gasteiger charge is 2.30. The molecule has 0 aliphatic rings. The van der Waals surface area contributed by atoms with Crippen LogP contribution in [-0.4, -0.2) is 10.2 Å². The van der Waals surface area contributed by atoms with Crippen LogP contribution in [0.15, 0.2) is 127 Å². The molecule has 51 heavy (non-hydrogen) atoms. The number of fused-ring (bicyclic) bond motifs is 5. The monoisotopic (exact) mass is 662 g/mol. The molecule has 0 spiro atoms. The molecule has 0 amide bonds. The molecule has 0 aliphatic carbocycles. The summed E-state index contributed by atoms with van der Waals surface area (Å²) in [5, 5.41) is 38.6. The highest BCUT2D eigenvalue weighted by molar-refractivity contribution is 6.27. The number of benzene rings is 9. The Morgan fingerprint density at radius 1 is 0.412 bits per heavy atom. The molecule has 0 heterocycles. The van der Waals surface area contributed by atoms with Gasteiger partial charge >= 0.3 is 0 Å². The number of aryl methyl sites for hydroxylation is 1. The van der Waals surface area contributed by atoms with Gasteiger partial charge in [-0.2, -0.15) is 0 Å². The van der Waals surface area contributed by atoms with Crippen LogP contribution < -0.4 is 0 Å². The van der Waals surface area contributed by atoms with Gasteiger partial charge in [-0.1, -0.05) is 123 Å². The summed E-state index contributed by atoms with van der Waals surface area (Å²) in [6, 6.07) is 46.1. The van der Waals surface area contributed by atoms with Gasteiger partial charge in [0.1, 0.15) is 0 Å². The van der Waals surface area contributed by atoms with E-state index in [1.165, 1.54) is 54.0 Å². The first-order chi connectivity index (χ1) is 24.5. The molecule has 9 aromatic rings. The van der Waals surface area contributed by atoms with Gasteiger partial charge in [0.15, 0.2) is 0 Å². The predicted molar refractivity (Wildman–Crippen MR) is 218 cm³/mol. The van der Waals surface area contributed by atoms with Crippen molar-refractivity contribution in [2.24, 2.45) is 0 Å². The minimum Gasteiger partial charge on any atom is -0.386 e. The second kappa shape index (κ2) is 11.4. The van der Waals surface area contributed by atoms with Gasteiger partial charge in [0.05, 0.1) is 11.2 Å². The molecule has 250 valence electrons. The SMILES string of the molecule is CCCc1cc2ccc(-c3cc(C(C)(C)O)c(-c4cc5ccc6ccccc6c5c5ccccc45)cc3C(C)(C)O)c3ccc4cccc1c4c23. The van der Waals surface area contributed by atoms with Crippen LogP contribution in [0.25, 0.3) is 86.9 Å². The van der Waals surface area contributed by atoms with E-state index in [1.54, 1.807) is 0 Å². The molecule has 0 aliphatic heterocycles. The van der Waals surface area contributed by atoms with Gasteiger partial charge in [0.2, 0.25) is 0 Å². The van der Waals surface area contributed by atoms with E-state index in [4.69, 9.17) is 0 Å². The number of rotatable bonds is 6. The maximum atomic E-state index is 12.0. The maximum absolute atomic E-state index is 12.0. The summed E-state index contributed by atoms with van der Waals surface area (Å²) in [6.45, 7) is 9.73. The lowest BCUT2D eigenvalue weighted by molar-refractivity contribution is 0.0753. The fourth-order valence-corrected chi connectivity index (χ4v) is 8.77. The van der Waals surface area contributed by atoms with Crippen LogP contribution in [0.4, 0.5) is 0 Å². The summed E-state index contributed by atoms with van der Waals surface area (Å²) >= 11 is 0. The Morgan fingerprint density at radius 3 is 1.69 bits per heavy atom. The fourth-order valence-electron chi connectivity index (χ4n) is 8.77. The number of hydrogen-bond donors (Lipinski definition) is 2. The highest BCUT2D eigenvalue weighted by Crippen LogP contribution is 2.48. The van der Waals surface area contributed by atoms with E-state index in [9.17, 15) is 10.2 Å². The first-order valence-corrected chi connectivity index (χ1v) is 18.2. The van der Waals surface area contributed by atoms with Crippen LogP contribution in [0.5, 0.6) is 0 Å². The normalized spacial score (nSPS) is 12.8. The molecule has 0 atom stereocenters. The lowest BCUT2D eigenvalue weighted by Crippen LogP contribution is -2.21. The van der Waals surface area contributed by atoms with Crippen molar-refractivity contribution in [1.29, 1.82) is 0 Å². The standard InChI is InChI=1S/C49H42O2/c1-6-12-31-25-32-22-23-37(39-24-21-30-14-11-18-35(31)46(30)47(32)39)41-27-44(49(4,5)51)42(28-43(41)48(2,3)50)40-26-33-20-19-29-13-7-8-15-34(29)45(33)38-17-10-9-16-36(38)40/h7-11,13-28,50-51H,6,12H2,1-5H3. The zero-order valence-electron chi connectivity index (χ0n) is 29.9. The Kier molecular flexibility index (Phi) is 7.06. The van der Waals surface area contributed by atoms with Gasteiger partial charge in [-0.25, -0.2) is 0 Å². The van der Waals surface area contributed by atoms with Gasteiger partial charge in [-0.05, 0) is 156 Å². The van der Waals surface area contributed by atoms with Crippen LogP contribution in [0, 0.1) is 0 Å². The van der Waals surface area contributed by atoms with Crippen LogP contribution in [0.3, 0.4) is 0 Å². The first-order valence-electron chi connectivity index (χ1n) is 18.2. The average Bonchev–Trinajstić information content (AvgIpc) is 3.12. The van der Waals surface area contributed by atoms with Gasteiger partial charge < -0.3 is 10.2 Å². The molecule has 9 rings (SSSR count). The van der Waals surface area contributed by atoms with Crippen LogP contribution in [0.2, 0.25) is 0 Å². The van der Waals surface area contributed by atoms with Crippen molar-refractivity contribution >= 4 is 64.6 Å².